The first-order valence-corrected chi connectivity index (χ1v) is 18.7. The van der Waals surface area contributed by atoms with Crippen molar-refractivity contribution in [1.82, 2.24) is 9.80 Å². The van der Waals surface area contributed by atoms with Crippen LogP contribution in [0.5, 0.6) is 0 Å². The summed E-state index contributed by atoms with van der Waals surface area (Å²) in [5, 5.41) is 5.74. The van der Waals surface area contributed by atoms with E-state index in [1.807, 2.05) is 84.9 Å². The molecule has 2 fully saturated rings. The average molecular weight is 788 g/mol. The van der Waals surface area contributed by atoms with Crippen LogP contribution in [0.2, 0.25) is 0 Å². The first kappa shape index (κ1) is 39.5. The average Bonchev–Trinajstić information content (AvgIpc) is 3.96. The van der Waals surface area contributed by atoms with E-state index in [1.54, 1.807) is 36.4 Å². The Balaban J connectivity index is 0.939. The maximum absolute atomic E-state index is 13.9. The molecule has 58 heavy (non-hydrogen) atoms. The van der Waals surface area contributed by atoms with Gasteiger partial charge < -0.3 is 34.5 Å². The molecule has 2 N–H and O–H groups in total. The van der Waals surface area contributed by atoms with Gasteiger partial charge in [0.15, 0.2) is 0 Å². The minimum atomic E-state index is -0.850. The number of ether oxygens (including phenoxy) is 4. The van der Waals surface area contributed by atoms with Crippen LogP contribution in [-0.4, -0.2) is 72.6 Å². The summed E-state index contributed by atoms with van der Waals surface area (Å²) in [5.74, 6) is -1.15. The van der Waals surface area contributed by atoms with Crippen molar-refractivity contribution in [2.45, 2.75) is 38.4 Å². The number of benzene rings is 5. The highest BCUT2D eigenvalue weighted by molar-refractivity contribution is 5.97. The Kier molecular flexibility index (Phi) is 12.9. The van der Waals surface area contributed by atoms with E-state index >= 15 is 0 Å². The van der Waals surface area contributed by atoms with Crippen molar-refractivity contribution in [2.24, 2.45) is 0 Å². The van der Waals surface area contributed by atoms with Crippen molar-refractivity contribution in [1.29, 1.82) is 0 Å². The van der Waals surface area contributed by atoms with E-state index in [1.165, 1.54) is 21.9 Å². The number of nitrogens with zero attached hydrogens (tertiary/aromatic N) is 3. The van der Waals surface area contributed by atoms with Gasteiger partial charge in [-0.3, -0.25) is 19.4 Å². The standard InChI is InChI=1S/C44H42FN5O8/c45-35-15-21-38(22-16-35)48(23-31-11-17-36(18-12-31)46-41(51)39-27-55-29-49(39)43(53)57-25-33-7-3-1-4-8-33)24-32-13-19-37(20-14-32)47-42(52)40-28-56-30-50(40)44(54)58-26-34-9-5-2-6-10-34/h1-22,39-40H,23-30H2,(H,46,51)(H,47,52)/t39-,40-/m0/s1. The first-order chi connectivity index (χ1) is 28.3. The van der Waals surface area contributed by atoms with E-state index in [9.17, 15) is 23.6 Å². The van der Waals surface area contributed by atoms with E-state index in [2.05, 4.69) is 15.5 Å². The maximum atomic E-state index is 13.9. The minimum Gasteiger partial charge on any atom is -0.444 e. The van der Waals surface area contributed by atoms with Crippen molar-refractivity contribution in [2.75, 3.05) is 42.2 Å². The van der Waals surface area contributed by atoms with E-state index < -0.39 is 36.1 Å². The number of hydrogen-bond donors (Lipinski definition) is 2. The van der Waals surface area contributed by atoms with Crippen LogP contribution in [0.15, 0.2) is 133 Å². The molecule has 0 saturated carbocycles. The van der Waals surface area contributed by atoms with Gasteiger partial charge in [0.2, 0.25) is 11.8 Å². The lowest BCUT2D eigenvalue weighted by molar-refractivity contribution is -0.120. The molecule has 13 nitrogen and oxygen atoms in total. The molecule has 0 radical (unpaired) electrons. The second-order valence-electron chi connectivity index (χ2n) is 13.8. The third-order valence-electron chi connectivity index (χ3n) is 9.63. The van der Waals surface area contributed by atoms with Crippen LogP contribution in [0.4, 0.5) is 31.0 Å². The quantitative estimate of drug-likeness (QED) is 0.131. The lowest BCUT2D eigenvalue weighted by Gasteiger charge is -2.26. The topological polar surface area (TPSA) is 139 Å². The van der Waals surface area contributed by atoms with Crippen molar-refractivity contribution in [3.8, 4) is 0 Å². The molecule has 0 aliphatic carbocycles. The van der Waals surface area contributed by atoms with Crippen LogP contribution in [0.25, 0.3) is 0 Å². The minimum absolute atomic E-state index is 0.0461. The molecule has 2 aliphatic rings. The lowest BCUT2D eigenvalue weighted by atomic mass is 10.1. The molecule has 0 aromatic heterocycles. The molecule has 0 bridgehead atoms. The molecule has 14 heteroatoms. The molecule has 5 aromatic rings. The van der Waals surface area contributed by atoms with Gasteiger partial charge in [-0.25, -0.2) is 14.0 Å². The SMILES string of the molecule is O=C(Nc1ccc(CN(Cc2ccc(NC(=O)[C@@H]3COCN3C(=O)OCc3ccccc3)cc2)c2ccc(F)cc2)cc1)[C@@H]1COCN1C(=O)OCc1ccccc1. The molecule has 2 aliphatic heterocycles. The monoisotopic (exact) mass is 787 g/mol. The summed E-state index contributed by atoms with van der Waals surface area (Å²) in [6.07, 6.45) is -1.27. The molecule has 2 heterocycles. The summed E-state index contributed by atoms with van der Waals surface area (Å²) in [4.78, 5) is 56.6. The Morgan fingerprint density at radius 1 is 0.569 bits per heavy atom. The van der Waals surface area contributed by atoms with Crippen LogP contribution >= 0.6 is 0 Å². The Bertz CT molecular complexity index is 2030. The summed E-state index contributed by atoms with van der Waals surface area (Å²) >= 11 is 0. The molecule has 7 rings (SSSR count). The van der Waals surface area contributed by atoms with Gasteiger partial charge in [-0.05, 0) is 70.8 Å². The van der Waals surface area contributed by atoms with E-state index in [0.717, 1.165) is 27.9 Å². The van der Waals surface area contributed by atoms with E-state index in [-0.39, 0.29) is 45.7 Å². The zero-order chi connectivity index (χ0) is 40.3. The van der Waals surface area contributed by atoms with Crippen molar-refractivity contribution >= 4 is 41.1 Å². The summed E-state index contributed by atoms with van der Waals surface area (Å²) in [6, 6.07) is 37.7. The van der Waals surface area contributed by atoms with Gasteiger partial charge in [0.05, 0.1) is 13.2 Å². The van der Waals surface area contributed by atoms with Crippen LogP contribution in [0, 0.1) is 5.82 Å². The van der Waals surface area contributed by atoms with Crippen LogP contribution in [-0.2, 0) is 54.8 Å². The van der Waals surface area contributed by atoms with Crippen LogP contribution < -0.4 is 15.5 Å². The Morgan fingerprint density at radius 2 is 0.983 bits per heavy atom. The smallest absolute Gasteiger partial charge is 0.412 e. The molecule has 0 spiro atoms. The number of nitrogens with one attached hydrogen (secondary N) is 2. The van der Waals surface area contributed by atoms with Gasteiger partial charge in [-0.15, -0.1) is 0 Å². The van der Waals surface area contributed by atoms with Gasteiger partial charge in [0.25, 0.3) is 0 Å². The van der Waals surface area contributed by atoms with Crippen molar-refractivity contribution in [3.05, 3.63) is 162 Å². The summed E-state index contributed by atoms with van der Waals surface area (Å²) < 4.78 is 35.6. The van der Waals surface area contributed by atoms with Gasteiger partial charge in [-0.1, -0.05) is 84.9 Å². The second-order valence-corrected chi connectivity index (χ2v) is 13.8. The van der Waals surface area contributed by atoms with Gasteiger partial charge in [-0.2, -0.15) is 0 Å². The second kappa shape index (κ2) is 18.9. The fourth-order valence-electron chi connectivity index (χ4n) is 6.45. The largest absolute Gasteiger partial charge is 0.444 e. The fraction of sp³-hybridized carbons (Fsp3) is 0.227. The zero-order valence-electron chi connectivity index (χ0n) is 31.5. The number of carbonyl (C=O) groups excluding carboxylic acids is 4. The highest BCUT2D eigenvalue weighted by Gasteiger charge is 2.37. The third kappa shape index (κ3) is 10.3. The highest BCUT2D eigenvalue weighted by Crippen LogP contribution is 2.24. The number of hydrogen-bond acceptors (Lipinski definition) is 9. The summed E-state index contributed by atoms with van der Waals surface area (Å²) in [6.45, 7) is 1.05. The summed E-state index contributed by atoms with van der Waals surface area (Å²) in [5.41, 5.74) is 5.38. The van der Waals surface area contributed by atoms with E-state index in [4.69, 9.17) is 18.9 Å². The molecule has 4 amide bonds. The predicted molar refractivity (Wildman–Crippen MR) is 213 cm³/mol. The maximum Gasteiger partial charge on any atom is 0.412 e. The van der Waals surface area contributed by atoms with Gasteiger partial charge in [0, 0.05) is 30.2 Å². The predicted octanol–water partition coefficient (Wildman–Crippen LogP) is 6.90. The summed E-state index contributed by atoms with van der Waals surface area (Å²) in [7, 11) is 0. The highest BCUT2D eigenvalue weighted by atomic mass is 19.1. The number of rotatable bonds is 13. The Labute approximate surface area is 334 Å². The molecular weight excluding hydrogens is 746 g/mol. The molecule has 298 valence electrons. The number of halogens is 1. The lowest BCUT2D eigenvalue weighted by Crippen LogP contribution is -2.44. The van der Waals surface area contributed by atoms with Gasteiger partial charge >= 0.3 is 12.2 Å². The van der Waals surface area contributed by atoms with Crippen LogP contribution in [0.1, 0.15) is 22.3 Å². The molecule has 5 aromatic carbocycles. The van der Waals surface area contributed by atoms with Crippen LogP contribution in [0.3, 0.4) is 0 Å². The number of carbonyl (C=O) groups is 4. The third-order valence-corrected chi connectivity index (χ3v) is 9.63. The molecular formula is C44H42FN5O8. The number of amides is 4. The van der Waals surface area contributed by atoms with Crippen molar-refractivity contribution in [3.63, 3.8) is 0 Å². The Hall–Kier alpha value is -6.77. The fourth-order valence-corrected chi connectivity index (χ4v) is 6.45. The Morgan fingerprint density at radius 3 is 1.40 bits per heavy atom. The zero-order valence-corrected chi connectivity index (χ0v) is 31.5. The molecule has 2 atom stereocenters. The molecule has 2 saturated heterocycles. The first-order valence-electron chi connectivity index (χ1n) is 18.7. The van der Waals surface area contributed by atoms with Crippen molar-refractivity contribution < 1.29 is 42.5 Å². The molecule has 0 unspecified atom stereocenters. The van der Waals surface area contributed by atoms with E-state index in [0.29, 0.717) is 24.5 Å². The normalized spacial score (nSPS) is 16.1. The number of anilines is 3. The van der Waals surface area contributed by atoms with Gasteiger partial charge in [0.1, 0.15) is 44.6 Å².